The van der Waals surface area contributed by atoms with E-state index < -0.39 is 5.97 Å². The lowest BCUT2D eigenvalue weighted by atomic mass is 9.83. The fraction of sp³-hybridized carbons (Fsp3) is 0.700. The molecule has 88 valence electrons. The first kappa shape index (κ1) is 11.4. The molecular formula is C10H15N3O2S. The van der Waals surface area contributed by atoms with E-state index in [0.717, 1.165) is 30.2 Å². The van der Waals surface area contributed by atoms with Crippen LogP contribution in [0.1, 0.15) is 31.4 Å². The van der Waals surface area contributed by atoms with Crippen LogP contribution in [0.2, 0.25) is 0 Å². The Morgan fingerprint density at radius 2 is 2.25 bits per heavy atom. The molecule has 0 bridgehead atoms. The van der Waals surface area contributed by atoms with E-state index >= 15 is 0 Å². The van der Waals surface area contributed by atoms with Crippen molar-refractivity contribution in [2.45, 2.75) is 31.6 Å². The zero-order valence-electron chi connectivity index (χ0n) is 9.19. The summed E-state index contributed by atoms with van der Waals surface area (Å²) in [4.78, 5) is 14.8. The van der Waals surface area contributed by atoms with Gasteiger partial charge in [-0.15, -0.1) is 0 Å². The predicted octanol–water partition coefficient (Wildman–Crippen LogP) is 1.22. The Balaban J connectivity index is 2.13. The number of aliphatic carboxylic acids is 1. The van der Waals surface area contributed by atoms with Crippen molar-refractivity contribution in [1.29, 1.82) is 0 Å². The molecule has 0 aromatic carbocycles. The van der Waals surface area contributed by atoms with Crippen LogP contribution >= 0.6 is 11.8 Å². The van der Waals surface area contributed by atoms with E-state index in [1.807, 2.05) is 11.8 Å². The third kappa shape index (κ3) is 2.37. The van der Waals surface area contributed by atoms with Crippen LogP contribution in [0.15, 0.2) is 0 Å². The first-order valence-electron chi connectivity index (χ1n) is 5.31. The van der Waals surface area contributed by atoms with Gasteiger partial charge in [-0.1, -0.05) is 6.92 Å². The molecule has 16 heavy (non-hydrogen) atoms. The van der Waals surface area contributed by atoms with Crippen LogP contribution in [0.25, 0.3) is 0 Å². The Morgan fingerprint density at radius 3 is 2.88 bits per heavy atom. The quantitative estimate of drug-likeness (QED) is 0.831. The van der Waals surface area contributed by atoms with Crippen LogP contribution < -0.4 is 0 Å². The molecule has 6 heteroatoms. The fourth-order valence-corrected chi connectivity index (χ4v) is 3.23. The number of carboxylic acid groups (broad SMARTS) is 1. The third-order valence-electron chi connectivity index (χ3n) is 2.99. The molecule has 0 atom stereocenters. The van der Waals surface area contributed by atoms with Gasteiger partial charge in [0.1, 0.15) is 12.2 Å². The number of rotatable bonds is 3. The van der Waals surface area contributed by atoms with E-state index in [4.69, 9.17) is 5.11 Å². The van der Waals surface area contributed by atoms with Crippen LogP contribution in [0.4, 0.5) is 0 Å². The van der Waals surface area contributed by atoms with Gasteiger partial charge in [0.2, 0.25) is 0 Å². The van der Waals surface area contributed by atoms with Crippen molar-refractivity contribution in [3.05, 3.63) is 11.6 Å². The van der Waals surface area contributed by atoms with Crippen molar-refractivity contribution in [1.82, 2.24) is 15.2 Å². The van der Waals surface area contributed by atoms with Gasteiger partial charge in [-0.25, -0.2) is 4.98 Å². The molecule has 2 rings (SSSR count). The summed E-state index contributed by atoms with van der Waals surface area (Å²) in [5.41, 5.74) is 0.0124. The number of nitrogens with zero attached hydrogens (tertiary/aromatic N) is 2. The largest absolute Gasteiger partial charge is 0.481 e. The molecule has 5 nitrogen and oxygen atoms in total. The molecule has 1 saturated heterocycles. The van der Waals surface area contributed by atoms with Crippen LogP contribution in [-0.4, -0.2) is 37.8 Å². The van der Waals surface area contributed by atoms with E-state index in [2.05, 4.69) is 22.1 Å². The Kier molecular flexibility index (Phi) is 3.18. The normalized spacial score (nSPS) is 19.6. The molecule has 1 aliphatic heterocycles. The summed E-state index contributed by atoms with van der Waals surface area (Å²) in [7, 11) is 0. The highest BCUT2D eigenvalue weighted by molar-refractivity contribution is 7.99. The predicted molar refractivity (Wildman–Crippen MR) is 61.6 cm³/mol. The van der Waals surface area contributed by atoms with Gasteiger partial charge in [-0.05, 0) is 24.3 Å². The van der Waals surface area contributed by atoms with E-state index in [9.17, 15) is 4.79 Å². The minimum Gasteiger partial charge on any atom is -0.481 e. The summed E-state index contributed by atoms with van der Waals surface area (Å²) < 4.78 is 0. The summed E-state index contributed by atoms with van der Waals surface area (Å²) in [6.45, 7) is 2.15. The smallest absolute Gasteiger partial charge is 0.311 e. The summed E-state index contributed by atoms with van der Waals surface area (Å²) in [6.07, 6.45) is 2.03. The topological polar surface area (TPSA) is 78.9 Å². The van der Waals surface area contributed by atoms with Gasteiger partial charge in [0.15, 0.2) is 5.82 Å². The Morgan fingerprint density at radius 1 is 1.56 bits per heavy atom. The standard InChI is InChI=1S/C10H15N3O2S/c1-10(2-4-16-5-3-10)9-11-7(12-13-9)6-8(14)15/h2-6H2,1H3,(H,14,15)(H,11,12,13). The Bertz CT molecular complexity index is 385. The average molecular weight is 241 g/mol. The number of H-pyrrole nitrogens is 1. The van der Waals surface area contributed by atoms with Gasteiger partial charge in [-0.3, -0.25) is 9.89 Å². The first-order chi connectivity index (χ1) is 7.60. The van der Waals surface area contributed by atoms with E-state index in [1.54, 1.807) is 0 Å². The van der Waals surface area contributed by atoms with E-state index in [-0.39, 0.29) is 11.8 Å². The van der Waals surface area contributed by atoms with Crippen LogP contribution in [-0.2, 0) is 16.6 Å². The fourth-order valence-electron chi connectivity index (χ4n) is 1.83. The Hall–Kier alpha value is -1.04. The van der Waals surface area contributed by atoms with Crippen molar-refractivity contribution in [2.75, 3.05) is 11.5 Å². The molecule has 0 radical (unpaired) electrons. The second kappa shape index (κ2) is 4.45. The maximum atomic E-state index is 10.5. The number of hydrogen-bond donors (Lipinski definition) is 2. The number of hydrogen-bond acceptors (Lipinski definition) is 4. The number of carboxylic acids is 1. The summed E-state index contributed by atoms with van der Waals surface area (Å²) >= 11 is 1.95. The molecule has 0 spiro atoms. The molecular weight excluding hydrogens is 226 g/mol. The summed E-state index contributed by atoms with van der Waals surface area (Å²) in [5, 5.41) is 15.5. The summed E-state index contributed by atoms with van der Waals surface area (Å²) in [6, 6.07) is 0. The zero-order chi connectivity index (χ0) is 11.6. The van der Waals surface area contributed by atoms with Crippen molar-refractivity contribution in [2.24, 2.45) is 0 Å². The zero-order valence-corrected chi connectivity index (χ0v) is 10.0. The monoisotopic (exact) mass is 241 g/mol. The number of carbonyl (C=O) groups is 1. The molecule has 1 aromatic heterocycles. The highest BCUT2D eigenvalue weighted by Crippen LogP contribution is 2.35. The van der Waals surface area contributed by atoms with Gasteiger partial charge in [-0.2, -0.15) is 16.9 Å². The van der Waals surface area contributed by atoms with Crippen molar-refractivity contribution < 1.29 is 9.90 Å². The highest BCUT2D eigenvalue weighted by Gasteiger charge is 2.33. The molecule has 0 saturated carbocycles. The van der Waals surface area contributed by atoms with Gasteiger partial charge in [0.05, 0.1) is 0 Å². The molecule has 1 aliphatic rings. The lowest BCUT2D eigenvalue weighted by Crippen LogP contribution is -2.28. The summed E-state index contributed by atoms with van der Waals surface area (Å²) in [5.74, 6) is 2.58. The molecule has 2 N–H and O–H groups in total. The molecule has 1 fully saturated rings. The van der Waals surface area contributed by atoms with Gasteiger partial charge in [0, 0.05) is 5.41 Å². The van der Waals surface area contributed by atoms with Crippen molar-refractivity contribution >= 4 is 17.7 Å². The van der Waals surface area contributed by atoms with E-state index in [1.165, 1.54) is 0 Å². The number of thioether (sulfide) groups is 1. The second-order valence-electron chi connectivity index (χ2n) is 4.35. The number of nitrogens with one attached hydrogen (secondary N) is 1. The molecule has 0 unspecified atom stereocenters. The van der Waals surface area contributed by atoms with Gasteiger partial charge < -0.3 is 5.11 Å². The van der Waals surface area contributed by atoms with Crippen molar-refractivity contribution in [3.8, 4) is 0 Å². The van der Waals surface area contributed by atoms with Crippen LogP contribution in [0, 0.1) is 0 Å². The second-order valence-corrected chi connectivity index (χ2v) is 5.57. The maximum Gasteiger partial charge on any atom is 0.311 e. The van der Waals surface area contributed by atoms with Gasteiger partial charge >= 0.3 is 5.97 Å². The van der Waals surface area contributed by atoms with Crippen LogP contribution in [0.5, 0.6) is 0 Å². The minimum atomic E-state index is -0.882. The molecule has 1 aromatic rings. The van der Waals surface area contributed by atoms with Gasteiger partial charge in [0.25, 0.3) is 0 Å². The third-order valence-corrected chi connectivity index (χ3v) is 3.97. The maximum absolute atomic E-state index is 10.5. The highest BCUT2D eigenvalue weighted by atomic mass is 32.2. The minimum absolute atomic E-state index is 0.0124. The Labute approximate surface area is 98.0 Å². The lowest BCUT2D eigenvalue weighted by Gasteiger charge is -2.30. The average Bonchev–Trinajstić information content (AvgIpc) is 2.67. The lowest BCUT2D eigenvalue weighted by molar-refractivity contribution is -0.136. The molecule has 2 heterocycles. The molecule has 0 aliphatic carbocycles. The number of aromatic amines is 1. The van der Waals surface area contributed by atoms with Crippen LogP contribution in [0.3, 0.4) is 0 Å². The first-order valence-corrected chi connectivity index (χ1v) is 6.47. The van der Waals surface area contributed by atoms with Crippen molar-refractivity contribution in [3.63, 3.8) is 0 Å². The van der Waals surface area contributed by atoms with E-state index in [0.29, 0.717) is 5.82 Å². The number of aromatic nitrogens is 3. The molecule has 0 amide bonds. The SMILES string of the molecule is CC1(c2n[nH]c(CC(=O)O)n2)CCSCC1.